The number of hydrogen-bond acceptors (Lipinski definition) is 7. The molecule has 0 fully saturated rings. The third-order valence-electron chi connectivity index (χ3n) is 3.52. The highest BCUT2D eigenvalue weighted by atomic mass is 16.5. The summed E-state index contributed by atoms with van der Waals surface area (Å²) in [6, 6.07) is 0. The van der Waals surface area contributed by atoms with Crippen LogP contribution in [-0.4, -0.2) is 88.9 Å². The average Bonchev–Trinajstić information content (AvgIpc) is 2.55. The van der Waals surface area contributed by atoms with Crippen LogP contribution in [-0.2, 0) is 23.8 Å². The van der Waals surface area contributed by atoms with Crippen LogP contribution >= 0.6 is 0 Å². The molecule has 0 bridgehead atoms. The van der Waals surface area contributed by atoms with Crippen LogP contribution in [0.2, 0.25) is 0 Å². The quantitative estimate of drug-likeness (QED) is 0.306. The maximum absolute atomic E-state index is 11.7. The van der Waals surface area contributed by atoms with Crippen LogP contribution in [0.4, 0.5) is 0 Å². The van der Waals surface area contributed by atoms with Gasteiger partial charge in [-0.05, 0) is 40.4 Å². The van der Waals surface area contributed by atoms with Crippen LogP contribution in [0.1, 0.15) is 39.0 Å². The molecule has 0 N–H and O–H groups in total. The predicted octanol–water partition coefficient (Wildman–Crippen LogP) is 1.55. The number of hydrogen-bond donors (Lipinski definition) is 0. The zero-order valence-corrected chi connectivity index (χ0v) is 16.4. The monoisotopic (exact) mass is 360 g/mol. The van der Waals surface area contributed by atoms with E-state index >= 15 is 0 Å². The Morgan fingerprint density at radius 2 is 1.32 bits per heavy atom. The lowest BCUT2D eigenvalue weighted by atomic mass is 10.3. The van der Waals surface area contributed by atoms with Gasteiger partial charge in [0.15, 0.2) is 0 Å². The molecule has 0 spiro atoms. The highest BCUT2D eigenvalue weighted by molar-refractivity contribution is 5.69. The lowest BCUT2D eigenvalue weighted by Gasteiger charge is -2.16. The molecule has 0 aliphatic rings. The van der Waals surface area contributed by atoms with Crippen molar-refractivity contribution in [3.05, 3.63) is 0 Å². The van der Waals surface area contributed by atoms with E-state index in [1.54, 1.807) is 0 Å². The summed E-state index contributed by atoms with van der Waals surface area (Å²) in [5, 5.41) is 0. The number of likely N-dealkylation sites (N-methyl/N-ethyl adjacent to an activating group) is 2. The fourth-order valence-electron chi connectivity index (χ4n) is 1.89. The number of unbranched alkanes of at least 4 members (excludes halogenated alkanes) is 1. The van der Waals surface area contributed by atoms with Gasteiger partial charge in [0.2, 0.25) is 0 Å². The molecule has 7 heteroatoms. The minimum Gasteiger partial charge on any atom is -0.466 e. The summed E-state index contributed by atoms with van der Waals surface area (Å²) in [5.74, 6) is -0.350. The highest BCUT2D eigenvalue weighted by Gasteiger charge is 2.06. The molecule has 0 aliphatic heterocycles. The summed E-state index contributed by atoms with van der Waals surface area (Å²) < 4.78 is 15.7. The fourth-order valence-corrected chi connectivity index (χ4v) is 1.89. The van der Waals surface area contributed by atoms with Crippen molar-refractivity contribution in [3.8, 4) is 0 Å². The first kappa shape index (κ1) is 23.8. The first-order chi connectivity index (χ1) is 12.0. The first-order valence-corrected chi connectivity index (χ1v) is 9.18. The Labute approximate surface area is 152 Å². The topological polar surface area (TPSA) is 68.3 Å². The van der Waals surface area contributed by atoms with Gasteiger partial charge >= 0.3 is 11.9 Å². The minimum atomic E-state index is -0.191. The first-order valence-electron chi connectivity index (χ1n) is 9.18. The van der Waals surface area contributed by atoms with Crippen molar-refractivity contribution < 1.29 is 23.8 Å². The third-order valence-corrected chi connectivity index (χ3v) is 3.52. The molecule has 0 radical (unpaired) electrons. The van der Waals surface area contributed by atoms with Crippen LogP contribution in [0.5, 0.6) is 0 Å². The van der Waals surface area contributed by atoms with E-state index in [4.69, 9.17) is 14.2 Å². The van der Waals surface area contributed by atoms with Crippen LogP contribution in [0.15, 0.2) is 0 Å². The number of carbonyl (C=O) groups excluding carboxylic acids is 2. The normalized spacial score (nSPS) is 11.1. The van der Waals surface area contributed by atoms with Crippen molar-refractivity contribution in [1.82, 2.24) is 9.80 Å². The molecule has 0 heterocycles. The van der Waals surface area contributed by atoms with Crippen molar-refractivity contribution in [2.75, 3.05) is 67.2 Å². The molecule has 25 heavy (non-hydrogen) atoms. The van der Waals surface area contributed by atoms with Gasteiger partial charge in [-0.3, -0.25) is 9.59 Å². The molecule has 148 valence electrons. The lowest BCUT2D eigenvalue weighted by molar-refractivity contribution is -0.146. The summed E-state index contributed by atoms with van der Waals surface area (Å²) in [5.41, 5.74) is 0. The summed E-state index contributed by atoms with van der Waals surface area (Å²) in [6.45, 7) is 6.46. The van der Waals surface area contributed by atoms with E-state index in [-0.39, 0.29) is 11.9 Å². The van der Waals surface area contributed by atoms with Gasteiger partial charge in [0.05, 0.1) is 32.8 Å². The van der Waals surface area contributed by atoms with Gasteiger partial charge in [-0.2, -0.15) is 0 Å². The van der Waals surface area contributed by atoms with E-state index in [0.29, 0.717) is 52.0 Å². The van der Waals surface area contributed by atoms with Crippen molar-refractivity contribution in [2.45, 2.75) is 39.0 Å². The van der Waals surface area contributed by atoms with Gasteiger partial charge in [-0.25, -0.2) is 0 Å². The van der Waals surface area contributed by atoms with Gasteiger partial charge in [-0.15, -0.1) is 0 Å². The van der Waals surface area contributed by atoms with Crippen LogP contribution in [0, 0.1) is 0 Å². The van der Waals surface area contributed by atoms with Gasteiger partial charge in [0.25, 0.3) is 0 Å². The summed E-state index contributed by atoms with van der Waals surface area (Å²) >= 11 is 0. The second-order valence-corrected chi connectivity index (χ2v) is 6.37. The van der Waals surface area contributed by atoms with Gasteiger partial charge in [0.1, 0.15) is 0 Å². The largest absolute Gasteiger partial charge is 0.466 e. The van der Waals surface area contributed by atoms with E-state index in [2.05, 4.69) is 9.80 Å². The summed E-state index contributed by atoms with van der Waals surface area (Å²) in [7, 11) is 5.99. The Morgan fingerprint density at radius 1 is 0.760 bits per heavy atom. The third kappa shape index (κ3) is 17.4. The second-order valence-electron chi connectivity index (χ2n) is 6.37. The van der Waals surface area contributed by atoms with Crippen LogP contribution < -0.4 is 0 Å². The highest BCUT2D eigenvalue weighted by Crippen LogP contribution is 1.98. The van der Waals surface area contributed by atoms with E-state index < -0.39 is 0 Å². The maximum atomic E-state index is 11.7. The van der Waals surface area contributed by atoms with Crippen LogP contribution in [0.25, 0.3) is 0 Å². The second kappa shape index (κ2) is 16.3. The fraction of sp³-hybridized carbons (Fsp3) is 0.889. The predicted molar refractivity (Wildman–Crippen MR) is 97.5 cm³/mol. The summed E-state index contributed by atoms with van der Waals surface area (Å²) in [4.78, 5) is 26.9. The zero-order valence-electron chi connectivity index (χ0n) is 16.4. The molecule has 0 rings (SSSR count). The molecule has 0 saturated carbocycles. The molecule has 0 aromatic heterocycles. The average molecular weight is 360 g/mol. The molecular weight excluding hydrogens is 324 g/mol. The molecule has 0 atom stereocenters. The summed E-state index contributed by atoms with van der Waals surface area (Å²) in [6.07, 6.45) is 3.06. The zero-order chi connectivity index (χ0) is 18.9. The van der Waals surface area contributed by atoms with E-state index in [9.17, 15) is 9.59 Å². The van der Waals surface area contributed by atoms with Crippen LogP contribution in [0.3, 0.4) is 0 Å². The van der Waals surface area contributed by atoms with Crippen molar-refractivity contribution in [2.24, 2.45) is 0 Å². The molecule has 7 nitrogen and oxygen atoms in total. The van der Waals surface area contributed by atoms with Gasteiger partial charge < -0.3 is 24.0 Å². The molecular formula is C18H36N2O5. The van der Waals surface area contributed by atoms with Gasteiger partial charge in [0, 0.05) is 26.1 Å². The Kier molecular flexibility index (Phi) is 15.5. The number of nitrogens with zero attached hydrogens (tertiary/aromatic N) is 2. The maximum Gasteiger partial charge on any atom is 0.307 e. The van der Waals surface area contributed by atoms with Crippen molar-refractivity contribution >= 4 is 11.9 Å². The number of ether oxygens (including phenoxy) is 3. The van der Waals surface area contributed by atoms with E-state index in [1.807, 2.05) is 28.1 Å². The van der Waals surface area contributed by atoms with Crippen molar-refractivity contribution in [1.29, 1.82) is 0 Å². The standard InChI is InChI=1S/C18H36N2O5/c1-5-8-17(21)24-13-6-7-14-25-18(22)9-10-20(4)12-16-23-15-11-19(2)3/h5-16H2,1-4H3. The lowest BCUT2D eigenvalue weighted by Crippen LogP contribution is -2.27. The SMILES string of the molecule is CCCC(=O)OCCCCOC(=O)CCN(C)CCOCCN(C)C. The van der Waals surface area contributed by atoms with E-state index in [0.717, 1.165) is 26.1 Å². The number of rotatable bonds is 16. The van der Waals surface area contributed by atoms with Gasteiger partial charge in [-0.1, -0.05) is 6.92 Å². The molecule has 0 aliphatic carbocycles. The Balaban J connectivity index is 3.43. The number of carbonyl (C=O) groups is 2. The van der Waals surface area contributed by atoms with Crippen molar-refractivity contribution in [3.63, 3.8) is 0 Å². The van der Waals surface area contributed by atoms with E-state index in [1.165, 1.54) is 0 Å². The molecule has 0 aromatic rings. The Morgan fingerprint density at radius 3 is 1.88 bits per heavy atom. The molecule has 0 unspecified atom stereocenters. The minimum absolute atomic E-state index is 0.159. The Bertz CT molecular complexity index is 350. The smallest absolute Gasteiger partial charge is 0.307 e. The Hall–Kier alpha value is -1.18. The molecule has 0 aromatic carbocycles. The molecule has 0 saturated heterocycles. The number of esters is 2. The molecule has 0 amide bonds.